The van der Waals surface area contributed by atoms with Crippen LogP contribution in [0.25, 0.3) is 0 Å². The lowest BCUT2D eigenvalue weighted by Crippen LogP contribution is -2.41. The van der Waals surface area contributed by atoms with Gasteiger partial charge >= 0.3 is 0 Å². The van der Waals surface area contributed by atoms with Crippen molar-refractivity contribution in [1.29, 1.82) is 0 Å². The van der Waals surface area contributed by atoms with Crippen molar-refractivity contribution in [3.05, 3.63) is 60.7 Å². The first kappa shape index (κ1) is 22.3. The Labute approximate surface area is 179 Å². The second kappa shape index (κ2) is 11.1. The molecule has 0 saturated heterocycles. The summed E-state index contributed by atoms with van der Waals surface area (Å²) in [4.78, 5) is 12.7. The summed E-state index contributed by atoms with van der Waals surface area (Å²) in [6, 6.07) is 16.9. The Balaban J connectivity index is 1.56. The number of sulfonamides is 1. The van der Waals surface area contributed by atoms with Crippen LogP contribution in [-0.2, 0) is 19.6 Å². The van der Waals surface area contributed by atoms with E-state index in [0.29, 0.717) is 31.4 Å². The molecule has 1 fully saturated rings. The molecule has 3 rings (SSSR count). The number of nitrogens with one attached hydrogen (secondary N) is 1. The maximum Gasteiger partial charge on any atom is 0.264 e. The SMILES string of the molecule is O=C(CN(c1ccccc1)S(=O)(=O)c1ccccc1)NCCCOC1CCCCC1. The summed E-state index contributed by atoms with van der Waals surface area (Å²) >= 11 is 0. The molecule has 7 heteroatoms. The van der Waals surface area contributed by atoms with Gasteiger partial charge in [-0.05, 0) is 43.5 Å². The highest BCUT2D eigenvalue weighted by atomic mass is 32.2. The first-order valence-corrected chi connectivity index (χ1v) is 12.0. The molecule has 1 amide bonds. The molecule has 2 aromatic carbocycles. The van der Waals surface area contributed by atoms with Crippen LogP contribution in [0.5, 0.6) is 0 Å². The Morgan fingerprint density at radius 3 is 2.27 bits per heavy atom. The van der Waals surface area contributed by atoms with Crippen molar-refractivity contribution in [3.63, 3.8) is 0 Å². The van der Waals surface area contributed by atoms with Gasteiger partial charge in [-0.25, -0.2) is 8.42 Å². The van der Waals surface area contributed by atoms with Crippen LogP contribution >= 0.6 is 0 Å². The van der Waals surface area contributed by atoms with Crippen LogP contribution in [-0.4, -0.2) is 40.1 Å². The van der Waals surface area contributed by atoms with Crippen molar-refractivity contribution in [3.8, 4) is 0 Å². The van der Waals surface area contributed by atoms with Gasteiger partial charge in [0.2, 0.25) is 5.91 Å². The van der Waals surface area contributed by atoms with Crippen molar-refractivity contribution in [2.75, 3.05) is 24.0 Å². The molecule has 1 aliphatic carbocycles. The molecule has 0 aromatic heterocycles. The van der Waals surface area contributed by atoms with Crippen molar-refractivity contribution in [1.82, 2.24) is 5.32 Å². The zero-order valence-corrected chi connectivity index (χ0v) is 18.0. The van der Waals surface area contributed by atoms with E-state index in [2.05, 4.69) is 5.32 Å². The molecular formula is C23H30N2O4S. The second-order valence-corrected chi connectivity index (χ2v) is 9.36. The van der Waals surface area contributed by atoms with Gasteiger partial charge in [0.05, 0.1) is 16.7 Å². The summed E-state index contributed by atoms with van der Waals surface area (Å²) in [5.74, 6) is -0.337. The smallest absolute Gasteiger partial charge is 0.264 e. The molecule has 162 valence electrons. The molecule has 30 heavy (non-hydrogen) atoms. The zero-order chi connectivity index (χ0) is 21.2. The highest BCUT2D eigenvalue weighted by molar-refractivity contribution is 7.92. The highest BCUT2D eigenvalue weighted by Crippen LogP contribution is 2.23. The van der Waals surface area contributed by atoms with Crippen LogP contribution in [0.4, 0.5) is 5.69 Å². The molecule has 1 aliphatic rings. The normalized spacial score (nSPS) is 14.9. The van der Waals surface area contributed by atoms with Gasteiger partial charge in [0.1, 0.15) is 6.54 Å². The Morgan fingerprint density at radius 2 is 1.60 bits per heavy atom. The summed E-state index contributed by atoms with van der Waals surface area (Å²) < 4.78 is 33.3. The molecule has 0 aliphatic heterocycles. The molecular weight excluding hydrogens is 400 g/mol. The summed E-state index contributed by atoms with van der Waals surface area (Å²) in [6.45, 7) is 0.792. The van der Waals surface area contributed by atoms with Gasteiger partial charge in [0, 0.05) is 13.2 Å². The lowest BCUT2D eigenvalue weighted by Gasteiger charge is -2.24. The first-order valence-electron chi connectivity index (χ1n) is 10.6. The number of para-hydroxylation sites is 1. The quantitative estimate of drug-likeness (QED) is 0.583. The third-order valence-corrected chi connectivity index (χ3v) is 7.00. The van der Waals surface area contributed by atoms with Crippen molar-refractivity contribution in [2.24, 2.45) is 0 Å². The van der Waals surface area contributed by atoms with Crippen molar-refractivity contribution in [2.45, 2.75) is 49.5 Å². The van der Waals surface area contributed by atoms with Crippen LogP contribution in [0.3, 0.4) is 0 Å². The van der Waals surface area contributed by atoms with E-state index < -0.39 is 10.0 Å². The Morgan fingerprint density at radius 1 is 0.967 bits per heavy atom. The number of nitrogens with zero attached hydrogens (tertiary/aromatic N) is 1. The number of carbonyl (C=O) groups is 1. The minimum atomic E-state index is -3.85. The van der Waals surface area contributed by atoms with E-state index in [1.165, 1.54) is 31.4 Å². The van der Waals surface area contributed by atoms with E-state index >= 15 is 0 Å². The van der Waals surface area contributed by atoms with Gasteiger partial charge in [-0.3, -0.25) is 9.10 Å². The number of amides is 1. The Bertz CT molecular complexity index is 882. The topological polar surface area (TPSA) is 75.7 Å². The maximum atomic E-state index is 13.1. The fourth-order valence-corrected chi connectivity index (χ4v) is 5.04. The minimum Gasteiger partial charge on any atom is -0.378 e. The average molecular weight is 431 g/mol. The fourth-order valence-electron chi connectivity index (χ4n) is 3.60. The third kappa shape index (κ3) is 6.31. The van der Waals surface area contributed by atoms with Crippen LogP contribution in [0.2, 0.25) is 0 Å². The molecule has 0 spiro atoms. The lowest BCUT2D eigenvalue weighted by atomic mass is 9.98. The van der Waals surface area contributed by atoms with Gasteiger partial charge in [-0.2, -0.15) is 0 Å². The molecule has 0 unspecified atom stereocenters. The Kier molecular flexibility index (Phi) is 8.28. The average Bonchev–Trinajstić information content (AvgIpc) is 2.79. The number of hydrogen-bond donors (Lipinski definition) is 1. The van der Waals surface area contributed by atoms with Gasteiger partial charge in [0.15, 0.2) is 0 Å². The second-order valence-electron chi connectivity index (χ2n) is 7.49. The molecule has 1 N–H and O–H groups in total. The zero-order valence-electron chi connectivity index (χ0n) is 17.2. The predicted molar refractivity (Wildman–Crippen MR) is 118 cm³/mol. The van der Waals surface area contributed by atoms with Crippen molar-refractivity contribution >= 4 is 21.6 Å². The van der Waals surface area contributed by atoms with E-state index in [1.807, 2.05) is 6.07 Å². The van der Waals surface area contributed by atoms with Crippen LogP contribution < -0.4 is 9.62 Å². The van der Waals surface area contributed by atoms with E-state index in [0.717, 1.165) is 17.1 Å². The van der Waals surface area contributed by atoms with Crippen molar-refractivity contribution < 1.29 is 17.9 Å². The number of hydrogen-bond acceptors (Lipinski definition) is 4. The number of rotatable bonds is 10. The van der Waals surface area contributed by atoms with Gasteiger partial charge in [-0.15, -0.1) is 0 Å². The van der Waals surface area contributed by atoms with Crippen LogP contribution in [0.15, 0.2) is 65.6 Å². The largest absolute Gasteiger partial charge is 0.378 e. The monoisotopic (exact) mass is 430 g/mol. The number of anilines is 1. The predicted octanol–water partition coefficient (Wildman–Crippen LogP) is 3.74. The minimum absolute atomic E-state index is 0.155. The lowest BCUT2D eigenvalue weighted by molar-refractivity contribution is -0.119. The number of carbonyl (C=O) groups excluding carboxylic acids is 1. The fraction of sp³-hybridized carbons (Fsp3) is 0.435. The summed E-state index contributed by atoms with van der Waals surface area (Å²) in [7, 11) is -3.85. The molecule has 0 atom stereocenters. The van der Waals surface area contributed by atoms with Gasteiger partial charge in [0.25, 0.3) is 10.0 Å². The maximum absolute atomic E-state index is 13.1. The van der Waals surface area contributed by atoms with Crippen LogP contribution in [0.1, 0.15) is 38.5 Å². The van der Waals surface area contributed by atoms with E-state index in [4.69, 9.17) is 4.74 Å². The Hall–Kier alpha value is -2.38. The van der Waals surface area contributed by atoms with E-state index in [9.17, 15) is 13.2 Å². The standard InChI is InChI=1S/C23H30N2O4S/c26-23(24-17-10-18-29-21-13-6-2-7-14-21)19-25(20-11-4-1-5-12-20)30(27,28)22-15-8-3-9-16-22/h1,3-5,8-9,11-12,15-16,21H,2,6-7,10,13-14,17-19H2,(H,24,26). The first-order chi connectivity index (χ1) is 14.6. The third-order valence-electron chi connectivity index (χ3n) is 5.21. The molecule has 0 radical (unpaired) electrons. The van der Waals surface area contributed by atoms with E-state index in [-0.39, 0.29) is 17.3 Å². The summed E-state index contributed by atoms with van der Waals surface area (Å²) in [5, 5.41) is 2.82. The molecule has 0 bridgehead atoms. The molecule has 2 aromatic rings. The molecule has 6 nitrogen and oxygen atoms in total. The summed E-state index contributed by atoms with van der Waals surface area (Å²) in [5.41, 5.74) is 0.456. The number of ether oxygens (including phenoxy) is 1. The highest BCUT2D eigenvalue weighted by Gasteiger charge is 2.26. The summed E-state index contributed by atoms with van der Waals surface area (Å²) in [6.07, 6.45) is 7.04. The molecule has 1 saturated carbocycles. The van der Waals surface area contributed by atoms with Gasteiger partial charge in [-0.1, -0.05) is 55.7 Å². The van der Waals surface area contributed by atoms with Crippen LogP contribution in [0, 0.1) is 0 Å². The molecule has 0 heterocycles. The number of benzene rings is 2. The van der Waals surface area contributed by atoms with Gasteiger partial charge < -0.3 is 10.1 Å². The van der Waals surface area contributed by atoms with E-state index in [1.54, 1.807) is 42.5 Å².